The summed E-state index contributed by atoms with van der Waals surface area (Å²) in [5.74, 6) is 1.43. The first-order chi connectivity index (χ1) is 9.21. The first-order valence-electron chi connectivity index (χ1n) is 7.34. The van der Waals surface area contributed by atoms with Crippen molar-refractivity contribution in [3.05, 3.63) is 0 Å². The van der Waals surface area contributed by atoms with Crippen LogP contribution in [0.3, 0.4) is 0 Å². The van der Waals surface area contributed by atoms with Crippen LogP contribution in [-0.2, 0) is 9.53 Å². The molecular weight excluding hydrogens is 244 g/mol. The Hall–Kier alpha value is -0.650. The topological polar surface area (TPSA) is 61.8 Å². The molecule has 0 radical (unpaired) electrons. The van der Waals surface area contributed by atoms with E-state index in [9.17, 15) is 4.79 Å². The number of methoxy groups -OCH3 is 1. The van der Waals surface area contributed by atoms with E-state index in [-0.39, 0.29) is 12.6 Å². The largest absolute Gasteiger partial charge is 0.468 e. The van der Waals surface area contributed by atoms with Gasteiger partial charge in [0.1, 0.15) is 0 Å². The Balaban J connectivity index is 1.84. The Labute approximate surface area is 115 Å². The number of piperidine rings is 1. The molecule has 1 saturated carbocycles. The van der Waals surface area contributed by atoms with E-state index < -0.39 is 0 Å². The van der Waals surface area contributed by atoms with E-state index in [2.05, 4.69) is 10.2 Å². The Morgan fingerprint density at radius 3 is 2.79 bits per heavy atom. The third-order valence-electron chi connectivity index (χ3n) is 4.10. The molecule has 0 aromatic heterocycles. The van der Waals surface area contributed by atoms with Gasteiger partial charge >= 0.3 is 5.97 Å². The summed E-state index contributed by atoms with van der Waals surface area (Å²) in [4.78, 5) is 13.6. The fourth-order valence-corrected chi connectivity index (χ4v) is 3.09. The highest BCUT2D eigenvalue weighted by molar-refractivity contribution is 5.71. The minimum absolute atomic E-state index is 0.159. The van der Waals surface area contributed by atoms with Crippen molar-refractivity contribution in [3.63, 3.8) is 0 Å². The molecule has 2 fully saturated rings. The van der Waals surface area contributed by atoms with Crippen LogP contribution >= 0.6 is 0 Å². The van der Waals surface area contributed by atoms with E-state index >= 15 is 0 Å². The van der Waals surface area contributed by atoms with Gasteiger partial charge in [0, 0.05) is 25.7 Å². The summed E-state index contributed by atoms with van der Waals surface area (Å²) in [6, 6.07) is 0.384. The summed E-state index contributed by atoms with van der Waals surface area (Å²) in [5.41, 5.74) is 0. The predicted molar refractivity (Wildman–Crippen MR) is 72.8 cm³/mol. The molecule has 2 N–H and O–H groups in total. The molecule has 1 aliphatic heterocycles. The SMILES string of the molecule is COC(=O)CN1CC(CC2CC2)CC(NCCO)C1. The first-order valence-corrected chi connectivity index (χ1v) is 7.34. The third-order valence-corrected chi connectivity index (χ3v) is 4.10. The van der Waals surface area contributed by atoms with Gasteiger partial charge in [-0.3, -0.25) is 9.69 Å². The van der Waals surface area contributed by atoms with Crippen LogP contribution in [0.15, 0.2) is 0 Å². The zero-order valence-electron chi connectivity index (χ0n) is 11.8. The van der Waals surface area contributed by atoms with Crippen LogP contribution in [0.5, 0.6) is 0 Å². The van der Waals surface area contributed by atoms with Crippen molar-refractivity contribution in [1.82, 2.24) is 10.2 Å². The number of hydrogen-bond acceptors (Lipinski definition) is 5. The molecule has 0 amide bonds. The van der Waals surface area contributed by atoms with Gasteiger partial charge in [0.15, 0.2) is 0 Å². The molecule has 1 heterocycles. The first kappa shape index (κ1) is 14.8. The Morgan fingerprint density at radius 2 is 2.16 bits per heavy atom. The van der Waals surface area contributed by atoms with Crippen molar-refractivity contribution >= 4 is 5.97 Å². The van der Waals surface area contributed by atoms with Gasteiger partial charge in [-0.25, -0.2) is 0 Å². The molecule has 2 rings (SSSR count). The minimum Gasteiger partial charge on any atom is -0.468 e. The number of carbonyl (C=O) groups excluding carboxylic acids is 1. The second kappa shape index (κ2) is 7.22. The quantitative estimate of drug-likeness (QED) is 0.649. The molecule has 0 aromatic carbocycles. The van der Waals surface area contributed by atoms with Gasteiger partial charge in [-0.1, -0.05) is 12.8 Å². The minimum atomic E-state index is -0.159. The van der Waals surface area contributed by atoms with E-state index in [1.807, 2.05) is 0 Å². The summed E-state index contributed by atoms with van der Waals surface area (Å²) in [6.45, 7) is 3.06. The lowest BCUT2D eigenvalue weighted by Crippen LogP contribution is -2.51. The number of esters is 1. The van der Waals surface area contributed by atoms with E-state index in [0.717, 1.165) is 25.4 Å². The van der Waals surface area contributed by atoms with E-state index in [1.165, 1.54) is 26.4 Å². The molecule has 2 unspecified atom stereocenters. The highest BCUT2D eigenvalue weighted by Crippen LogP contribution is 2.37. The fraction of sp³-hybridized carbons (Fsp3) is 0.929. The van der Waals surface area contributed by atoms with E-state index in [1.54, 1.807) is 0 Å². The van der Waals surface area contributed by atoms with Crippen LogP contribution in [0.25, 0.3) is 0 Å². The van der Waals surface area contributed by atoms with Gasteiger partial charge in [0.05, 0.1) is 20.3 Å². The number of rotatable bonds is 7. The number of nitrogens with zero attached hydrogens (tertiary/aromatic N) is 1. The number of ether oxygens (including phenoxy) is 1. The maximum atomic E-state index is 11.4. The second-order valence-electron chi connectivity index (χ2n) is 5.93. The molecule has 19 heavy (non-hydrogen) atoms. The van der Waals surface area contributed by atoms with Crippen LogP contribution in [0.2, 0.25) is 0 Å². The average molecular weight is 270 g/mol. The van der Waals surface area contributed by atoms with Crippen LogP contribution in [0, 0.1) is 11.8 Å². The van der Waals surface area contributed by atoms with Crippen molar-refractivity contribution < 1.29 is 14.6 Å². The molecular formula is C14H26N2O3. The maximum Gasteiger partial charge on any atom is 0.319 e. The average Bonchev–Trinajstić information content (AvgIpc) is 3.20. The van der Waals surface area contributed by atoms with Gasteiger partial charge in [-0.2, -0.15) is 0 Å². The van der Waals surface area contributed by atoms with Crippen molar-refractivity contribution in [1.29, 1.82) is 0 Å². The Morgan fingerprint density at radius 1 is 1.37 bits per heavy atom. The van der Waals surface area contributed by atoms with Crippen molar-refractivity contribution in [2.75, 3.05) is 39.9 Å². The van der Waals surface area contributed by atoms with E-state index in [4.69, 9.17) is 9.84 Å². The van der Waals surface area contributed by atoms with Gasteiger partial charge in [-0.15, -0.1) is 0 Å². The maximum absolute atomic E-state index is 11.4. The molecule has 2 atom stereocenters. The summed E-state index contributed by atoms with van der Waals surface area (Å²) in [5, 5.41) is 12.3. The van der Waals surface area contributed by atoms with Crippen LogP contribution < -0.4 is 5.32 Å². The van der Waals surface area contributed by atoms with Crippen molar-refractivity contribution in [3.8, 4) is 0 Å². The number of likely N-dealkylation sites (tertiary alicyclic amines) is 1. The van der Waals surface area contributed by atoms with E-state index in [0.29, 0.717) is 25.0 Å². The Kier molecular flexibility index (Phi) is 5.60. The molecule has 5 nitrogen and oxygen atoms in total. The number of hydrogen-bond donors (Lipinski definition) is 2. The zero-order chi connectivity index (χ0) is 13.7. The Bertz CT molecular complexity index is 294. The number of carbonyl (C=O) groups is 1. The number of aliphatic hydroxyl groups is 1. The summed E-state index contributed by atoms with van der Waals surface area (Å²) in [6.07, 6.45) is 5.20. The summed E-state index contributed by atoms with van der Waals surface area (Å²) < 4.78 is 4.76. The van der Waals surface area contributed by atoms with Gasteiger partial charge in [0.25, 0.3) is 0 Å². The predicted octanol–water partition coefficient (Wildman–Crippen LogP) is 0.232. The standard InChI is InChI=1S/C14H26N2O3/c1-19-14(18)10-16-8-12(6-11-2-3-11)7-13(9-16)15-4-5-17/h11-13,15,17H,2-10H2,1H3. The zero-order valence-corrected chi connectivity index (χ0v) is 11.8. The third kappa shape index (κ3) is 5.09. The highest BCUT2D eigenvalue weighted by Gasteiger charge is 2.32. The smallest absolute Gasteiger partial charge is 0.319 e. The van der Waals surface area contributed by atoms with Crippen LogP contribution in [-0.4, -0.2) is 61.9 Å². The lowest BCUT2D eigenvalue weighted by molar-refractivity contribution is -0.142. The van der Waals surface area contributed by atoms with Crippen LogP contribution in [0.1, 0.15) is 25.7 Å². The molecule has 1 saturated heterocycles. The normalized spacial score (nSPS) is 28.3. The monoisotopic (exact) mass is 270 g/mol. The molecule has 0 aromatic rings. The second-order valence-corrected chi connectivity index (χ2v) is 5.93. The van der Waals surface area contributed by atoms with Gasteiger partial charge < -0.3 is 15.2 Å². The fourth-order valence-electron chi connectivity index (χ4n) is 3.09. The number of nitrogens with one attached hydrogen (secondary N) is 1. The molecule has 5 heteroatoms. The molecule has 2 aliphatic rings. The van der Waals surface area contributed by atoms with Gasteiger partial charge in [-0.05, 0) is 24.7 Å². The van der Waals surface area contributed by atoms with Crippen LogP contribution in [0.4, 0.5) is 0 Å². The summed E-state index contributed by atoms with van der Waals surface area (Å²) in [7, 11) is 1.44. The lowest BCUT2D eigenvalue weighted by atomic mass is 9.89. The van der Waals surface area contributed by atoms with Crippen molar-refractivity contribution in [2.24, 2.45) is 11.8 Å². The lowest BCUT2D eigenvalue weighted by Gasteiger charge is -2.37. The summed E-state index contributed by atoms with van der Waals surface area (Å²) >= 11 is 0. The molecule has 0 spiro atoms. The molecule has 110 valence electrons. The molecule has 0 bridgehead atoms. The van der Waals surface area contributed by atoms with Gasteiger partial charge in [0.2, 0.25) is 0 Å². The molecule has 1 aliphatic carbocycles. The number of aliphatic hydroxyl groups excluding tert-OH is 1. The van der Waals surface area contributed by atoms with Crippen molar-refractivity contribution in [2.45, 2.75) is 31.7 Å². The highest BCUT2D eigenvalue weighted by atomic mass is 16.5.